The molecule has 0 heterocycles. The van der Waals surface area contributed by atoms with Crippen LogP contribution in [-0.4, -0.2) is 37.5 Å². The highest BCUT2D eigenvalue weighted by atomic mass is 16.5. The standard InChI is InChI=1S/C15H25NO3/c1-4-12(5-2)16-10-13(17)11-19-15-8-6-7-14(9-15)18-3/h6-9,12-13,16-17H,4-5,10-11H2,1-3H3. The molecule has 4 nitrogen and oxygen atoms in total. The van der Waals surface area contributed by atoms with E-state index in [0.717, 1.165) is 18.6 Å². The Morgan fingerprint density at radius 2 is 1.89 bits per heavy atom. The molecule has 0 fully saturated rings. The second kappa shape index (κ2) is 8.77. The van der Waals surface area contributed by atoms with E-state index in [9.17, 15) is 5.11 Å². The summed E-state index contributed by atoms with van der Waals surface area (Å²) >= 11 is 0. The number of benzene rings is 1. The van der Waals surface area contributed by atoms with Gasteiger partial charge in [-0.15, -0.1) is 0 Å². The van der Waals surface area contributed by atoms with E-state index in [1.165, 1.54) is 0 Å². The van der Waals surface area contributed by atoms with Gasteiger partial charge in [-0.1, -0.05) is 19.9 Å². The Bertz CT molecular complexity index is 353. The molecule has 1 atom stereocenters. The van der Waals surface area contributed by atoms with Gasteiger partial charge in [0.25, 0.3) is 0 Å². The normalized spacial score (nSPS) is 12.5. The van der Waals surface area contributed by atoms with Crippen molar-refractivity contribution in [2.45, 2.75) is 38.8 Å². The molecule has 1 unspecified atom stereocenters. The fourth-order valence-corrected chi connectivity index (χ4v) is 1.82. The monoisotopic (exact) mass is 267 g/mol. The molecule has 108 valence electrons. The van der Waals surface area contributed by atoms with Gasteiger partial charge in [0.1, 0.15) is 24.2 Å². The largest absolute Gasteiger partial charge is 0.497 e. The Hall–Kier alpha value is -1.26. The van der Waals surface area contributed by atoms with Crippen molar-refractivity contribution < 1.29 is 14.6 Å². The van der Waals surface area contributed by atoms with Crippen molar-refractivity contribution >= 4 is 0 Å². The number of hydrogen-bond acceptors (Lipinski definition) is 4. The first-order chi connectivity index (χ1) is 9.19. The summed E-state index contributed by atoms with van der Waals surface area (Å²) in [5.41, 5.74) is 0. The van der Waals surface area contributed by atoms with Gasteiger partial charge in [-0.05, 0) is 25.0 Å². The summed E-state index contributed by atoms with van der Waals surface area (Å²) < 4.78 is 10.7. The molecule has 0 bridgehead atoms. The second-order valence-corrected chi connectivity index (χ2v) is 4.57. The van der Waals surface area contributed by atoms with Crippen molar-refractivity contribution in [3.8, 4) is 11.5 Å². The lowest BCUT2D eigenvalue weighted by atomic mass is 10.1. The third kappa shape index (κ3) is 5.94. The van der Waals surface area contributed by atoms with Gasteiger partial charge >= 0.3 is 0 Å². The third-order valence-corrected chi connectivity index (χ3v) is 3.11. The van der Waals surface area contributed by atoms with Crippen molar-refractivity contribution in [1.82, 2.24) is 5.32 Å². The molecule has 0 amide bonds. The van der Waals surface area contributed by atoms with Gasteiger partial charge in [-0.2, -0.15) is 0 Å². The van der Waals surface area contributed by atoms with Gasteiger partial charge in [0, 0.05) is 18.7 Å². The summed E-state index contributed by atoms with van der Waals surface area (Å²) in [6.07, 6.45) is 1.63. The minimum atomic E-state index is -0.508. The van der Waals surface area contributed by atoms with E-state index in [-0.39, 0.29) is 6.61 Å². The minimum Gasteiger partial charge on any atom is -0.497 e. The lowest BCUT2D eigenvalue weighted by Crippen LogP contribution is -2.37. The second-order valence-electron chi connectivity index (χ2n) is 4.57. The third-order valence-electron chi connectivity index (χ3n) is 3.11. The quantitative estimate of drug-likeness (QED) is 0.720. The summed E-state index contributed by atoms with van der Waals surface area (Å²) in [4.78, 5) is 0. The minimum absolute atomic E-state index is 0.278. The van der Waals surface area contributed by atoms with Crippen molar-refractivity contribution in [3.63, 3.8) is 0 Å². The van der Waals surface area contributed by atoms with Crippen LogP contribution in [0.4, 0.5) is 0 Å². The maximum Gasteiger partial charge on any atom is 0.123 e. The highest BCUT2D eigenvalue weighted by Gasteiger charge is 2.08. The Morgan fingerprint density at radius 3 is 2.53 bits per heavy atom. The van der Waals surface area contributed by atoms with Crippen LogP contribution in [0.15, 0.2) is 24.3 Å². The van der Waals surface area contributed by atoms with Crippen LogP contribution in [0.3, 0.4) is 0 Å². The number of methoxy groups -OCH3 is 1. The molecular formula is C15H25NO3. The molecule has 0 aliphatic rings. The first-order valence-corrected chi connectivity index (χ1v) is 6.87. The predicted molar refractivity (Wildman–Crippen MR) is 76.9 cm³/mol. The molecule has 0 aliphatic heterocycles. The highest BCUT2D eigenvalue weighted by molar-refractivity contribution is 5.32. The zero-order valence-corrected chi connectivity index (χ0v) is 12.1. The first kappa shape index (κ1) is 15.8. The fraction of sp³-hybridized carbons (Fsp3) is 0.600. The predicted octanol–water partition coefficient (Wildman–Crippen LogP) is 2.21. The summed E-state index contributed by atoms with van der Waals surface area (Å²) in [7, 11) is 1.62. The maximum atomic E-state index is 9.86. The van der Waals surface area contributed by atoms with Crippen molar-refractivity contribution in [3.05, 3.63) is 24.3 Å². The summed E-state index contributed by atoms with van der Waals surface area (Å²) in [6.45, 7) is 5.11. The Balaban J connectivity index is 2.31. The van der Waals surface area contributed by atoms with Crippen molar-refractivity contribution in [2.24, 2.45) is 0 Å². The lowest BCUT2D eigenvalue weighted by Gasteiger charge is -2.18. The van der Waals surface area contributed by atoms with Gasteiger partial charge in [-0.25, -0.2) is 0 Å². The molecule has 0 saturated heterocycles. The number of hydrogen-bond donors (Lipinski definition) is 2. The first-order valence-electron chi connectivity index (χ1n) is 6.87. The molecule has 1 aromatic carbocycles. The maximum absolute atomic E-state index is 9.86. The topological polar surface area (TPSA) is 50.7 Å². The Labute approximate surface area is 115 Å². The number of nitrogens with one attached hydrogen (secondary N) is 1. The van der Waals surface area contributed by atoms with Crippen LogP contribution in [-0.2, 0) is 0 Å². The van der Waals surface area contributed by atoms with Gasteiger partial charge < -0.3 is 19.9 Å². The van der Waals surface area contributed by atoms with Gasteiger partial charge in [0.15, 0.2) is 0 Å². The summed E-state index contributed by atoms with van der Waals surface area (Å²) in [5.74, 6) is 1.46. The van der Waals surface area contributed by atoms with E-state index >= 15 is 0 Å². The van der Waals surface area contributed by atoms with Crippen molar-refractivity contribution in [2.75, 3.05) is 20.3 Å². The van der Waals surface area contributed by atoms with E-state index < -0.39 is 6.10 Å². The van der Waals surface area contributed by atoms with Crippen LogP contribution >= 0.6 is 0 Å². The summed E-state index contributed by atoms with van der Waals surface area (Å²) in [6, 6.07) is 7.84. The van der Waals surface area contributed by atoms with Gasteiger partial charge in [0.05, 0.1) is 7.11 Å². The zero-order valence-electron chi connectivity index (χ0n) is 12.1. The molecule has 19 heavy (non-hydrogen) atoms. The molecule has 0 saturated carbocycles. The lowest BCUT2D eigenvalue weighted by molar-refractivity contribution is 0.103. The smallest absolute Gasteiger partial charge is 0.123 e. The molecule has 0 radical (unpaired) electrons. The van der Waals surface area contributed by atoms with Crippen LogP contribution in [0.1, 0.15) is 26.7 Å². The van der Waals surface area contributed by atoms with Crippen LogP contribution in [0, 0.1) is 0 Å². The van der Waals surface area contributed by atoms with Crippen LogP contribution in [0.5, 0.6) is 11.5 Å². The van der Waals surface area contributed by atoms with Crippen molar-refractivity contribution in [1.29, 1.82) is 0 Å². The molecular weight excluding hydrogens is 242 g/mol. The summed E-state index contributed by atoms with van der Waals surface area (Å²) in [5, 5.41) is 13.2. The van der Waals surface area contributed by atoms with E-state index in [0.29, 0.717) is 18.3 Å². The molecule has 1 aromatic rings. The van der Waals surface area contributed by atoms with Crippen LogP contribution < -0.4 is 14.8 Å². The number of rotatable bonds is 9. The van der Waals surface area contributed by atoms with Gasteiger partial charge in [0.2, 0.25) is 0 Å². The molecule has 4 heteroatoms. The number of aliphatic hydroxyl groups is 1. The Kier molecular flexibility index (Phi) is 7.30. The highest BCUT2D eigenvalue weighted by Crippen LogP contribution is 2.18. The van der Waals surface area contributed by atoms with E-state index in [4.69, 9.17) is 9.47 Å². The van der Waals surface area contributed by atoms with E-state index in [1.807, 2.05) is 18.2 Å². The van der Waals surface area contributed by atoms with E-state index in [2.05, 4.69) is 19.2 Å². The molecule has 2 N–H and O–H groups in total. The van der Waals surface area contributed by atoms with E-state index in [1.54, 1.807) is 13.2 Å². The average Bonchev–Trinajstić information content (AvgIpc) is 2.46. The molecule has 0 aliphatic carbocycles. The fourth-order valence-electron chi connectivity index (χ4n) is 1.82. The zero-order chi connectivity index (χ0) is 14.1. The molecule has 1 rings (SSSR count). The van der Waals surface area contributed by atoms with Gasteiger partial charge in [-0.3, -0.25) is 0 Å². The van der Waals surface area contributed by atoms with Crippen LogP contribution in [0.2, 0.25) is 0 Å². The number of aliphatic hydroxyl groups excluding tert-OH is 1. The number of ether oxygens (including phenoxy) is 2. The average molecular weight is 267 g/mol. The SMILES string of the molecule is CCC(CC)NCC(O)COc1cccc(OC)c1. The Morgan fingerprint density at radius 1 is 1.21 bits per heavy atom. The van der Waals surface area contributed by atoms with Crippen LogP contribution in [0.25, 0.3) is 0 Å². The molecule has 0 aromatic heterocycles. The molecule has 0 spiro atoms.